The van der Waals surface area contributed by atoms with Crippen LogP contribution < -0.4 is 10.6 Å². The highest BCUT2D eigenvalue weighted by Crippen LogP contribution is 2.28. The van der Waals surface area contributed by atoms with Gasteiger partial charge in [0.15, 0.2) is 0 Å². The lowest BCUT2D eigenvalue weighted by Gasteiger charge is -2.34. The molecule has 9 nitrogen and oxygen atoms in total. The number of piperazine rings is 1. The van der Waals surface area contributed by atoms with Crippen LogP contribution in [-0.2, 0) is 17.5 Å². The van der Waals surface area contributed by atoms with Crippen LogP contribution in [0.5, 0.6) is 0 Å². The average Bonchev–Trinajstić information content (AvgIpc) is 3.20. The first kappa shape index (κ1) is 21.5. The number of primary amides is 1. The van der Waals surface area contributed by atoms with Crippen LogP contribution >= 0.6 is 0 Å². The van der Waals surface area contributed by atoms with E-state index in [1.165, 1.54) is 0 Å². The van der Waals surface area contributed by atoms with Gasteiger partial charge in [-0.25, -0.2) is 9.97 Å². The second-order valence-corrected chi connectivity index (χ2v) is 7.39. The summed E-state index contributed by atoms with van der Waals surface area (Å²) >= 11 is 0. The van der Waals surface area contributed by atoms with E-state index in [0.717, 1.165) is 17.8 Å². The minimum atomic E-state index is -4.48. The van der Waals surface area contributed by atoms with Crippen molar-refractivity contribution in [1.29, 1.82) is 0 Å². The summed E-state index contributed by atoms with van der Waals surface area (Å²) in [5.74, 6) is -0.418. The molecule has 168 valence electrons. The van der Waals surface area contributed by atoms with E-state index < -0.39 is 17.6 Å². The van der Waals surface area contributed by atoms with Crippen LogP contribution in [0.3, 0.4) is 0 Å². The SMILES string of the molecule is NC(=O)c1cccc2cn(CCC(=O)N3CCN(c4ncc(C(F)(F)F)cn4)CC3)nc12. The molecule has 12 heteroatoms. The fourth-order valence-electron chi connectivity index (χ4n) is 3.56. The number of alkyl halides is 3. The number of benzene rings is 1. The van der Waals surface area contributed by atoms with E-state index in [1.54, 1.807) is 32.8 Å². The molecule has 1 fully saturated rings. The molecular formula is C20H20F3N7O2. The van der Waals surface area contributed by atoms with Crippen LogP contribution in [0.2, 0.25) is 0 Å². The number of amides is 2. The summed E-state index contributed by atoms with van der Waals surface area (Å²) in [6.45, 7) is 2.01. The Labute approximate surface area is 180 Å². The van der Waals surface area contributed by atoms with Gasteiger partial charge < -0.3 is 15.5 Å². The Bertz CT molecular complexity index is 1140. The molecule has 0 unspecified atom stereocenters. The first-order valence-corrected chi connectivity index (χ1v) is 9.90. The molecule has 4 rings (SSSR count). The molecule has 2 amide bonds. The van der Waals surface area contributed by atoms with Gasteiger partial charge in [0.1, 0.15) is 5.52 Å². The predicted molar refractivity (Wildman–Crippen MR) is 109 cm³/mol. The zero-order valence-electron chi connectivity index (χ0n) is 16.9. The number of aromatic nitrogens is 4. The van der Waals surface area contributed by atoms with E-state index in [2.05, 4.69) is 15.1 Å². The van der Waals surface area contributed by atoms with Gasteiger partial charge in [-0.05, 0) is 6.07 Å². The van der Waals surface area contributed by atoms with Crippen molar-refractivity contribution >= 4 is 28.7 Å². The van der Waals surface area contributed by atoms with Crippen molar-refractivity contribution in [2.24, 2.45) is 5.73 Å². The fraction of sp³-hybridized carbons (Fsp3) is 0.350. The molecule has 1 aliphatic rings. The third kappa shape index (κ3) is 4.48. The zero-order valence-corrected chi connectivity index (χ0v) is 16.9. The highest BCUT2D eigenvalue weighted by molar-refractivity contribution is 6.04. The van der Waals surface area contributed by atoms with E-state index in [0.29, 0.717) is 43.8 Å². The smallest absolute Gasteiger partial charge is 0.366 e. The predicted octanol–water partition coefficient (Wildman–Crippen LogP) is 1.68. The maximum Gasteiger partial charge on any atom is 0.419 e. The Morgan fingerprint density at radius 2 is 1.75 bits per heavy atom. The van der Waals surface area contributed by atoms with Crippen molar-refractivity contribution in [1.82, 2.24) is 24.6 Å². The largest absolute Gasteiger partial charge is 0.419 e. The molecule has 32 heavy (non-hydrogen) atoms. The molecule has 0 aliphatic carbocycles. The number of fused-ring (bicyclic) bond motifs is 1. The molecule has 0 atom stereocenters. The average molecular weight is 447 g/mol. The Balaban J connectivity index is 1.32. The van der Waals surface area contributed by atoms with Gasteiger partial charge in [-0.15, -0.1) is 0 Å². The molecule has 0 saturated carbocycles. The Hall–Kier alpha value is -3.70. The van der Waals surface area contributed by atoms with E-state index in [9.17, 15) is 22.8 Å². The highest BCUT2D eigenvalue weighted by atomic mass is 19.4. The maximum atomic E-state index is 12.6. The normalized spacial score (nSPS) is 14.7. The summed E-state index contributed by atoms with van der Waals surface area (Å²) in [4.78, 5) is 35.2. The van der Waals surface area contributed by atoms with Gasteiger partial charge in [-0.1, -0.05) is 12.1 Å². The molecule has 2 N–H and O–H groups in total. The molecule has 1 aromatic carbocycles. The minimum Gasteiger partial charge on any atom is -0.366 e. The first-order valence-electron chi connectivity index (χ1n) is 9.90. The van der Waals surface area contributed by atoms with Gasteiger partial charge in [0.2, 0.25) is 11.9 Å². The molecule has 0 bridgehead atoms. The summed E-state index contributed by atoms with van der Waals surface area (Å²) in [5, 5.41) is 5.13. The molecule has 0 spiro atoms. The number of nitrogens with zero attached hydrogens (tertiary/aromatic N) is 6. The quantitative estimate of drug-likeness (QED) is 0.637. The second kappa shape index (κ2) is 8.44. The molecule has 3 aromatic rings. The second-order valence-electron chi connectivity index (χ2n) is 7.39. The third-order valence-corrected chi connectivity index (χ3v) is 5.28. The van der Waals surface area contributed by atoms with Gasteiger partial charge in [-0.2, -0.15) is 18.3 Å². The highest BCUT2D eigenvalue weighted by Gasteiger charge is 2.32. The van der Waals surface area contributed by atoms with Gasteiger partial charge >= 0.3 is 6.18 Å². The summed E-state index contributed by atoms with van der Waals surface area (Å²) in [6.07, 6.45) is -0.980. The Morgan fingerprint density at radius 1 is 1.06 bits per heavy atom. The molecular weight excluding hydrogens is 427 g/mol. The lowest BCUT2D eigenvalue weighted by Crippen LogP contribution is -2.49. The van der Waals surface area contributed by atoms with Crippen molar-refractivity contribution < 1.29 is 22.8 Å². The summed E-state index contributed by atoms with van der Waals surface area (Å²) in [7, 11) is 0. The summed E-state index contributed by atoms with van der Waals surface area (Å²) in [6, 6.07) is 5.14. The lowest BCUT2D eigenvalue weighted by molar-refractivity contribution is -0.138. The number of nitrogens with two attached hydrogens (primary N) is 1. The molecule has 1 saturated heterocycles. The van der Waals surface area contributed by atoms with Crippen molar-refractivity contribution in [2.45, 2.75) is 19.1 Å². The number of hydrogen-bond donors (Lipinski definition) is 1. The van der Waals surface area contributed by atoms with Crippen LogP contribution in [0.15, 0.2) is 36.8 Å². The maximum absolute atomic E-state index is 12.6. The number of halogens is 3. The first-order chi connectivity index (χ1) is 15.2. The van der Waals surface area contributed by atoms with E-state index in [4.69, 9.17) is 5.73 Å². The zero-order chi connectivity index (χ0) is 22.9. The van der Waals surface area contributed by atoms with Crippen molar-refractivity contribution in [3.63, 3.8) is 0 Å². The van der Waals surface area contributed by atoms with E-state index in [-0.39, 0.29) is 18.3 Å². The number of carbonyl (C=O) groups excluding carboxylic acids is 2. The van der Waals surface area contributed by atoms with Crippen molar-refractivity contribution in [3.05, 3.63) is 47.9 Å². The Kier molecular flexibility index (Phi) is 5.68. The summed E-state index contributed by atoms with van der Waals surface area (Å²) in [5.41, 5.74) is 5.30. The van der Waals surface area contributed by atoms with Gasteiger partial charge in [0, 0.05) is 63.1 Å². The van der Waals surface area contributed by atoms with Gasteiger partial charge in [0.05, 0.1) is 11.1 Å². The molecule has 1 aliphatic heterocycles. The number of hydrogen-bond acceptors (Lipinski definition) is 6. The molecule has 0 radical (unpaired) electrons. The summed E-state index contributed by atoms with van der Waals surface area (Å²) < 4.78 is 39.6. The van der Waals surface area contributed by atoms with Crippen molar-refractivity contribution in [3.8, 4) is 0 Å². The lowest BCUT2D eigenvalue weighted by atomic mass is 10.1. The standard InChI is InChI=1S/C20H20F3N7O2/c21-20(22,23)14-10-25-19(26-11-14)29-8-6-28(7-9-29)16(31)4-5-30-12-13-2-1-3-15(18(24)32)17(13)27-30/h1-3,10-12H,4-9H2,(H2,24,32). The Morgan fingerprint density at radius 3 is 2.38 bits per heavy atom. The topological polar surface area (TPSA) is 110 Å². The molecule has 2 aromatic heterocycles. The van der Waals surface area contributed by atoms with E-state index in [1.807, 2.05) is 6.07 Å². The van der Waals surface area contributed by atoms with Gasteiger partial charge in [-0.3, -0.25) is 14.3 Å². The molecule has 3 heterocycles. The minimum absolute atomic E-state index is 0.0623. The van der Waals surface area contributed by atoms with Crippen LogP contribution in [0, 0.1) is 0 Å². The number of carbonyl (C=O) groups is 2. The fourth-order valence-corrected chi connectivity index (χ4v) is 3.56. The van der Waals surface area contributed by atoms with Crippen LogP contribution in [0.1, 0.15) is 22.3 Å². The monoisotopic (exact) mass is 447 g/mol. The van der Waals surface area contributed by atoms with Crippen molar-refractivity contribution in [2.75, 3.05) is 31.1 Å². The third-order valence-electron chi connectivity index (χ3n) is 5.28. The van der Waals surface area contributed by atoms with Gasteiger partial charge in [0.25, 0.3) is 5.91 Å². The number of rotatable bonds is 5. The van der Waals surface area contributed by atoms with Crippen LogP contribution in [0.4, 0.5) is 19.1 Å². The number of aryl methyl sites for hydroxylation is 1. The van der Waals surface area contributed by atoms with E-state index >= 15 is 0 Å². The van der Waals surface area contributed by atoms with Crippen LogP contribution in [0.25, 0.3) is 10.9 Å². The van der Waals surface area contributed by atoms with Crippen LogP contribution in [-0.4, -0.2) is 62.6 Å². The number of anilines is 1.